The number of amides is 1. The number of carbonyl (C=O) groups excluding carboxylic acids is 1. The zero-order valence-corrected chi connectivity index (χ0v) is 14.2. The summed E-state index contributed by atoms with van der Waals surface area (Å²) in [5.41, 5.74) is 0.432. The topological polar surface area (TPSA) is 58.1 Å². The predicted octanol–water partition coefficient (Wildman–Crippen LogP) is 3.68. The van der Waals surface area contributed by atoms with Gasteiger partial charge in [0.15, 0.2) is 0 Å². The van der Waals surface area contributed by atoms with Gasteiger partial charge in [0.2, 0.25) is 5.95 Å². The molecule has 2 heterocycles. The third-order valence-corrected chi connectivity index (χ3v) is 4.22. The summed E-state index contributed by atoms with van der Waals surface area (Å²) in [6, 6.07) is 5.15. The van der Waals surface area contributed by atoms with Gasteiger partial charge in [0, 0.05) is 18.8 Å². The Balaban J connectivity index is 1.86. The summed E-state index contributed by atoms with van der Waals surface area (Å²) in [5.74, 6) is -1.23. The summed E-state index contributed by atoms with van der Waals surface area (Å²) in [5, 5.41) is 2.55. The highest BCUT2D eigenvalue weighted by atomic mass is 19.1. The van der Waals surface area contributed by atoms with Crippen molar-refractivity contribution in [1.82, 2.24) is 14.9 Å². The van der Waals surface area contributed by atoms with Gasteiger partial charge >= 0.3 is 0 Å². The second kappa shape index (κ2) is 7.13. The second-order valence-corrected chi connectivity index (χ2v) is 6.44. The maximum Gasteiger partial charge on any atom is 0.272 e. The van der Waals surface area contributed by atoms with E-state index in [0.29, 0.717) is 24.7 Å². The fraction of sp³-hybridized carbons (Fsp3) is 0.389. The number of nitrogens with zero attached hydrogens (tertiary/aromatic N) is 3. The molecule has 25 heavy (non-hydrogen) atoms. The van der Waals surface area contributed by atoms with Crippen molar-refractivity contribution in [2.75, 3.05) is 18.4 Å². The standard InChI is InChI=1S/C18H20F2N4O/c1-11-5-4-8-24(10-11)17(25)15-9-12(2)21-18(22-15)23-16-13(19)6-3-7-14(16)20/h3,6-7,9,11H,4-5,8,10H2,1-2H3,(H,21,22,23). The van der Waals surface area contributed by atoms with Gasteiger partial charge < -0.3 is 10.2 Å². The van der Waals surface area contributed by atoms with E-state index in [-0.39, 0.29) is 23.2 Å². The molecular formula is C18H20F2N4O. The highest BCUT2D eigenvalue weighted by molar-refractivity contribution is 5.92. The normalized spacial score (nSPS) is 17.4. The van der Waals surface area contributed by atoms with Crippen LogP contribution in [0, 0.1) is 24.5 Å². The maximum absolute atomic E-state index is 13.8. The molecule has 1 unspecified atom stereocenters. The van der Waals surface area contributed by atoms with Crippen molar-refractivity contribution in [2.45, 2.75) is 26.7 Å². The lowest BCUT2D eigenvalue weighted by atomic mass is 10.00. The lowest BCUT2D eigenvalue weighted by Crippen LogP contribution is -2.39. The first kappa shape index (κ1) is 17.3. The van der Waals surface area contributed by atoms with Crippen molar-refractivity contribution in [3.63, 3.8) is 0 Å². The third-order valence-electron chi connectivity index (χ3n) is 4.22. The van der Waals surface area contributed by atoms with E-state index >= 15 is 0 Å². The number of para-hydroxylation sites is 1. The summed E-state index contributed by atoms with van der Waals surface area (Å²) in [6.45, 7) is 5.20. The van der Waals surface area contributed by atoms with Gasteiger partial charge in [-0.25, -0.2) is 18.7 Å². The number of anilines is 2. The monoisotopic (exact) mass is 346 g/mol. The average molecular weight is 346 g/mol. The molecule has 1 fully saturated rings. The molecule has 5 nitrogen and oxygen atoms in total. The molecular weight excluding hydrogens is 326 g/mol. The number of carbonyl (C=O) groups is 1. The number of nitrogens with one attached hydrogen (secondary N) is 1. The van der Waals surface area contributed by atoms with Crippen molar-refractivity contribution in [3.8, 4) is 0 Å². The van der Waals surface area contributed by atoms with E-state index in [1.165, 1.54) is 6.07 Å². The van der Waals surface area contributed by atoms with Crippen molar-refractivity contribution >= 4 is 17.5 Å². The van der Waals surface area contributed by atoms with Crippen LogP contribution >= 0.6 is 0 Å². The molecule has 2 aromatic rings. The molecule has 132 valence electrons. The van der Waals surface area contributed by atoms with Crippen molar-refractivity contribution in [3.05, 3.63) is 47.3 Å². The molecule has 1 amide bonds. The molecule has 3 rings (SSSR count). The van der Waals surface area contributed by atoms with Gasteiger partial charge in [-0.1, -0.05) is 13.0 Å². The number of benzene rings is 1. The summed E-state index contributed by atoms with van der Waals surface area (Å²) >= 11 is 0. The van der Waals surface area contributed by atoms with Gasteiger partial charge in [-0.2, -0.15) is 0 Å². The van der Waals surface area contributed by atoms with E-state index in [4.69, 9.17) is 0 Å². The first-order valence-electron chi connectivity index (χ1n) is 8.30. The van der Waals surface area contributed by atoms with E-state index in [0.717, 1.165) is 25.0 Å². The molecule has 1 aliphatic heterocycles. The van der Waals surface area contributed by atoms with Crippen LogP contribution in [-0.2, 0) is 0 Å². The van der Waals surface area contributed by atoms with Gasteiger partial charge in [0.1, 0.15) is 23.0 Å². The van der Waals surface area contributed by atoms with Crippen LogP contribution in [0.1, 0.15) is 35.9 Å². The molecule has 1 aromatic carbocycles. The Labute approximate surface area is 145 Å². The molecule has 1 aliphatic rings. The Kier molecular flexibility index (Phi) is 4.92. The third kappa shape index (κ3) is 3.92. The SMILES string of the molecule is Cc1cc(C(=O)N2CCCC(C)C2)nc(Nc2c(F)cccc2F)n1. The Morgan fingerprint density at radius 1 is 1.28 bits per heavy atom. The molecule has 0 radical (unpaired) electrons. The van der Waals surface area contributed by atoms with Crippen molar-refractivity contribution in [2.24, 2.45) is 5.92 Å². The van der Waals surface area contributed by atoms with Crippen molar-refractivity contribution < 1.29 is 13.6 Å². The number of hydrogen-bond donors (Lipinski definition) is 1. The van der Waals surface area contributed by atoms with Crippen LogP contribution in [0.25, 0.3) is 0 Å². The minimum absolute atomic E-state index is 0.00240. The summed E-state index contributed by atoms with van der Waals surface area (Å²) in [6.07, 6.45) is 2.06. The number of hydrogen-bond acceptors (Lipinski definition) is 4. The molecule has 0 spiro atoms. The Morgan fingerprint density at radius 2 is 2.00 bits per heavy atom. The predicted molar refractivity (Wildman–Crippen MR) is 90.7 cm³/mol. The van der Waals surface area contributed by atoms with E-state index in [1.54, 1.807) is 17.9 Å². The first-order chi connectivity index (χ1) is 11.9. The maximum atomic E-state index is 13.8. The largest absolute Gasteiger partial charge is 0.337 e. The molecule has 0 aliphatic carbocycles. The number of likely N-dealkylation sites (tertiary alicyclic amines) is 1. The van der Waals surface area contributed by atoms with Crippen LogP contribution in [0.4, 0.5) is 20.4 Å². The molecule has 1 N–H and O–H groups in total. The second-order valence-electron chi connectivity index (χ2n) is 6.44. The van der Waals surface area contributed by atoms with Crippen molar-refractivity contribution in [1.29, 1.82) is 0 Å². The zero-order valence-electron chi connectivity index (χ0n) is 14.2. The van der Waals surface area contributed by atoms with E-state index in [2.05, 4.69) is 22.2 Å². The van der Waals surface area contributed by atoms with Crippen LogP contribution in [0.3, 0.4) is 0 Å². The summed E-state index contributed by atoms with van der Waals surface area (Å²) in [7, 11) is 0. The minimum atomic E-state index is -0.747. The average Bonchev–Trinajstić information content (AvgIpc) is 2.57. The molecule has 1 aromatic heterocycles. The minimum Gasteiger partial charge on any atom is -0.337 e. The summed E-state index contributed by atoms with van der Waals surface area (Å²) in [4.78, 5) is 22.8. The molecule has 0 bridgehead atoms. The lowest BCUT2D eigenvalue weighted by molar-refractivity contribution is 0.0677. The smallest absolute Gasteiger partial charge is 0.272 e. The fourth-order valence-electron chi connectivity index (χ4n) is 3.00. The van der Waals surface area contributed by atoms with Gasteiger partial charge in [-0.05, 0) is 43.9 Å². The van der Waals surface area contributed by atoms with Crippen LogP contribution in [0.2, 0.25) is 0 Å². The number of halogens is 2. The summed E-state index contributed by atoms with van der Waals surface area (Å²) < 4.78 is 27.6. The van der Waals surface area contributed by atoms with Gasteiger partial charge in [-0.3, -0.25) is 4.79 Å². The van der Waals surface area contributed by atoms with Gasteiger partial charge in [0.25, 0.3) is 5.91 Å². The fourth-order valence-corrected chi connectivity index (χ4v) is 3.00. The lowest BCUT2D eigenvalue weighted by Gasteiger charge is -2.30. The van der Waals surface area contributed by atoms with Crippen LogP contribution in [-0.4, -0.2) is 33.9 Å². The Hall–Kier alpha value is -2.57. The molecule has 0 saturated carbocycles. The Morgan fingerprint density at radius 3 is 2.68 bits per heavy atom. The number of piperidine rings is 1. The molecule has 1 saturated heterocycles. The number of aromatic nitrogens is 2. The van der Waals surface area contributed by atoms with E-state index in [9.17, 15) is 13.6 Å². The van der Waals surface area contributed by atoms with Gasteiger partial charge in [-0.15, -0.1) is 0 Å². The molecule has 1 atom stereocenters. The van der Waals surface area contributed by atoms with Gasteiger partial charge in [0.05, 0.1) is 0 Å². The van der Waals surface area contributed by atoms with Crippen LogP contribution in [0.5, 0.6) is 0 Å². The number of aryl methyl sites for hydroxylation is 1. The molecule has 7 heteroatoms. The highest BCUT2D eigenvalue weighted by Crippen LogP contribution is 2.22. The van der Waals surface area contributed by atoms with E-state index < -0.39 is 11.6 Å². The highest BCUT2D eigenvalue weighted by Gasteiger charge is 2.24. The number of rotatable bonds is 3. The van der Waals surface area contributed by atoms with E-state index in [1.807, 2.05) is 0 Å². The van der Waals surface area contributed by atoms with Crippen LogP contribution < -0.4 is 5.32 Å². The quantitative estimate of drug-likeness (QED) is 0.921. The first-order valence-corrected chi connectivity index (χ1v) is 8.30. The van der Waals surface area contributed by atoms with Crippen LogP contribution in [0.15, 0.2) is 24.3 Å². The Bertz CT molecular complexity index is 776. The zero-order chi connectivity index (χ0) is 18.0.